The fourth-order valence-corrected chi connectivity index (χ4v) is 4.80. The molecule has 0 radical (unpaired) electrons. The molecule has 1 aliphatic heterocycles. The second-order valence-electron chi connectivity index (χ2n) is 7.29. The topological polar surface area (TPSA) is 78.5 Å². The minimum atomic E-state index is -3.35. The van der Waals surface area contributed by atoms with Crippen LogP contribution >= 0.6 is 11.9 Å². The largest absolute Gasteiger partial charge is 0.318 e. The quantitative estimate of drug-likeness (QED) is 0.675. The molecule has 10 heteroatoms. The van der Waals surface area contributed by atoms with E-state index in [0.29, 0.717) is 17.0 Å². The molecule has 6 nitrogen and oxygen atoms in total. The van der Waals surface area contributed by atoms with Gasteiger partial charge >= 0.3 is 0 Å². The van der Waals surface area contributed by atoms with Gasteiger partial charge in [0.25, 0.3) is 0 Å². The van der Waals surface area contributed by atoms with Gasteiger partial charge in [0, 0.05) is 19.5 Å². The summed E-state index contributed by atoms with van der Waals surface area (Å²) in [6.07, 6.45) is 0.325. The highest BCUT2D eigenvalue weighted by Gasteiger charge is 2.37. The van der Waals surface area contributed by atoms with E-state index < -0.39 is 28.1 Å². The fraction of sp³-hybridized carbons (Fsp3) is 0.500. The molecule has 1 aromatic rings. The maximum Gasteiger partial charge on any atom is 0.232 e. The second-order valence-corrected chi connectivity index (χ2v) is 10.1. The monoisotopic (exact) mass is 431 g/mol. The molecular weight excluding hydrogens is 408 g/mol. The van der Waals surface area contributed by atoms with Crippen molar-refractivity contribution >= 4 is 27.7 Å². The SMILES string of the molecule is CN1C=C(NC(=O)[C@H](CC2C[C@@H](F)[C@@H](F)C2)c2ccc(S(C)(=O)=O)cc2)SN1. The van der Waals surface area contributed by atoms with E-state index in [1.165, 1.54) is 24.1 Å². The summed E-state index contributed by atoms with van der Waals surface area (Å²) in [7, 11) is -1.57. The van der Waals surface area contributed by atoms with Crippen LogP contribution in [-0.2, 0) is 14.6 Å². The Labute approximate surface area is 167 Å². The van der Waals surface area contributed by atoms with E-state index >= 15 is 0 Å². The average molecular weight is 432 g/mol. The number of nitrogens with one attached hydrogen (secondary N) is 2. The standard InChI is InChI=1S/C18H23F2N3O3S2/c1-23-10-17(27-22-23)21-18(24)14(7-11-8-15(19)16(20)9-11)12-3-5-13(6-4-12)28(2,25)26/h3-6,10-11,14-16,22H,7-9H2,1-2H3,(H,21,24)/t11?,14-,15-,16+/m1/s1. The lowest BCUT2D eigenvalue weighted by molar-refractivity contribution is -0.122. The van der Waals surface area contributed by atoms with Gasteiger partial charge in [0.2, 0.25) is 5.91 Å². The van der Waals surface area contributed by atoms with Crippen molar-refractivity contribution in [1.29, 1.82) is 0 Å². The van der Waals surface area contributed by atoms with E-state index in [1.54, 1.807) is 30.4 Å². The molecule has 0 saturated heterocycles. The predicted molar refractivity (Wildman–Crippen MR) is 104 cm³/mol. The summed E-state index contributed by atoms with van der Waals surface area (Å²) in [4.78, 5) is 16.0. The Hall–Kier alpha value is -1.65. The molecule has 2 aliphatic rings. The number of hydrogen-bond donors (Lipinski definition) is 2. The first-order valence-electron chi connectivity index (χ1n) is 8.89. The highest BCUT2D eigenvalue weighted by Crippen LogP contribution is 2.38. The van der Waals surface area contributed by atoms with Crippen molar-refractivity contribution in [3.8, 4) is 0 Å². The fourth-order valence-electron chi connectivity index (χ4n) is 3.51. The molecule has 1 saturated carbocycles. The zero-order valence-electron chi connectivity index (χ0n) is 15.6. The molecule has 1 aliphatic carbocycles. The van der Waals surface area contributed by atoms with Crippen molar-refractivity contribution in [2.75, 3.05) is 13.3 Å². The Balaban J connectivity index is 1.81. The van der Waals surface area contributed by atoms with Crippen LogP contribution in [0.2, 0.25) is 0 Å². The molecule has 2 N–H and O–H groups in total. The lowest BCUT2D eigenvalue weighted by Gasteiger charge is -2.21. The summed E-state index contributed by atoms with van der Waals surface area (Å²) >= 11 is 1.25. The van der Waals surface area contributed by atoms with Crippen molar-refractivity contribution in [3.05, 3.63) is 41.1 Å². The van der Waals surface area contributed by atoms with Gasteiger partial charge in [0.05, 0.1) is 10.8 Å². The van der Waals surface area contributed by atoms with Gasteiger partial charge in [-0.3, -0.25) is 4.79 Å². The third-order valence-corrected chi connectivity index (χ3v) is 6.90. The van der Waals surface area contributed by atoms with E-state index in [2.05, 4.69) is 10.1 Å². The van der Waals surface area contributed by atoms with Crippen LogP contribution < -0.4 is 10.1 Å². The summed E-state index contributed by atoms with van der Waals surface area (Å²) < 4.78 is 50.6. The highest BCUT2D eigenvalue weighted by molar-refractivity contribution is 8.01. The van der Waals surface area contributed by atoms with Crippen molar-refractivity contribution in [2.45, 2.75) is 42.4 Å². The number of amides is 1. The summed E-state index contributed by atoms with van der Waals surface area (Å²) in [5.41, 5.74) is 0.618. The van der Waals surface area contributed by atoms with Crippen LogP contribution in [0.4, 0.5) is 8.78 Å². The van der Waals surface area contributed by atoms with Gasteiger partial charge < -0.3 is 10.3 Å². The van der Waals surface area contributed by atoms with E-state index in [0.717, 1.165) is 6.26 Å². The Morgan fingerprint density at radius 1 is 1.29 bits per heavy atom. The molecule has 1 fully saturated rings. The third kappa shape index (κ3) is 5.03. The number of carbonyl (C=O) groups excluding carboxylic acids is 1. The lowest BCUT2D eigenvalue weighted by Crippen LogP contribution is -2.29. The minimum absolute atomic E-state index is 0.0914. The first kappa shape index (κ1) is 21.1. The molecule has 3 rings (SSSR count). The molecule has 4 atom stereocenters. The van der Waals surface area contributed by atoms with E-state index in [-0.39, 0.29) is 29.6 Å². The molecule has 0 spiro atoms. The lowest BCUT2D eigenvalue weighted by atomic mass is 9.87. The van der Waals surface area contributed by atoms with Gasteiger partial charge in [-0.25, -0.2) is 17.2 Å². The van der Waals surface area contributed by atoms with Gasteiger partial charge in [-0.05, 0) is 54.8 Å². The Bertz CT molecular complexity index is 851. The number of sulfone groups is 1. The number of halogens is 2. The number of rotatable bonds is 6. The zero-order chi connectivity index (χ0) is 20.5. The maximum atomic E-state index is 13.6. The van der Waals surface area contributed by atoms with Crippen LogP contribution in [0.3, 0.4) is 0 Å². The predicted octanol–water partition coefficient (Wildman–Crippen LogP) is 2.66. The van der Waals surface area contributed by atoms with Gasteiger partial charge in [0.15, 0.2) is 9.84 Å². The number of hydrazine groups is 1. The zero-order valence-corrected chi connectivity index (χ0v) is 17.2. The van der Waals surface area contributed by atoms with Crippen molar-refractivity contribution in [1.82, 2.24) is 15.2 Å². The van der Waals surface area contributed by atoms with Crippen molar-refractivity contribution in [3.63, 3.8) is 0 Å². The van der Waals surface area contributed by atoms with Crippen LogP contribution in [0.5, 0.6) is 0 Å². The first-order chi connectivity index (χ1) is 13.1. The summed E-state index contributed by atoms with van der Waals surface area (Å²) in [6, 6.07) is 6.09. The molecule has 0 aromatic heterocycles. The van der Waals surface area contributed by atoms with Gasteiger partial charge in [0.1, 0.15) is 17.4 Å². The molecule has 0 bridgehead atoms. The number of carbonyl (C=O) groups is 1. The number of benzene rings is 1. The molecule has 1 amide bonds. The molecule has 1 unspecified atom stereocenters. The van der Waals surface area contributed by atoms with Crippen LogP contribution in [0, 0.1) is 5.92 Å². The van der Waals surface area contributed by atoms with Crippen LogP contribution in [0.1, 0.15) is 30.7 Å². The van der Waals surface area contributed by atoms with Crippen LogP contribution in [0.25, 0.3) is 0 Å². The van der Waals surface area contributed by atoms with Crippen LogP contribution in [0.15, 0.2) is 40.4 Å². The van der Waals surface area contributed by atoms with Gasteiger partial charge in [-0.1, -0.05) is 12.1 Å². The van der Waals surface area contributed by atoms with E-state index in [1.807, 2.05) is 0 Å². The summed E-state index contributed by atoms with van der Waals surface area (Å²) in [5, 5.41) is 5.13. The average Bonchev–Trinajstić information content (AvgIpc) is 3.17. The van der Waals surface area contributed by atoms with E-state index in [4.69, 9.17) is 0 Å². The number of hydrogen-bond acceptors (Lipinski definition) is 6. The van der Waals surface area contributed by atoms with Crippen molar-refractivity contribution < 1.29 is 22.0 Å². The maximum absolute atomic E-state index is 13.6. The normalized spacial score (nSPS) is 26.2. The van der Waals surface area contributed by atoms with Gasteiger partial charge in [-0.15, -0.1) is 0 Å². The Kier molecular flexibility index (Phi) is 6.31. The summed E-state index contributed by atoms with van der Waals surface area (Å²) in [6.45, 7) is 0. The molecule has 154 valence electrons. The molecule has 1 aromatic carbocycles. The minimum Gasteiger partial charge on any atom is -0.318 e. The second kappa shape index (κ2) is 8.38. The summed E-state index contributed by atoms with van der Waals surface area (Å²) in [5.74, 6) is -1.18. The smallest absolute Gasteiger partial charge is 0.232 e. The van der Waals surface area contributed by atoms with E-state index in [9.17, 15) is 22.0 Å². The van der Waals surface area contributed by atoms with Crippen molar-refractivity contribution in [2.24, 2.45) is 5.92 Å². The third-order valence-electron chi connectivity index (χ3n) is 4.96. The highest BCUT2D eigenvalue weighted by atomic mass is 32.2. The van der Waals surface area contributed by atoms with Crippen LogP contribution in [-0.4, -0.2) is 45.0 Å². The number of nitrogens with zero attached hydrogens (tertiary/aromatic N) is 1. The Morgan fingerprint density at radius 3 is 2.39 bits per heavy atom. The number of alkyl halides is 2. The molecule has 1 heterocycles. The first-order valence-corrected chi connectivity index (χ1v) is 11.6. The molecule has 28 heavy (non-hydrogen) atoms. The van der Waals surface area contributed by atoms with Gasteiger partial charge in [-0.2, -0.15) is 4.83 Å². The molecular formula is C18H23F2N3O3S2. The Morgan fingerprint density at radius 2 is 1.89 bits per heavy atom.